The summed E-state index contributed by atoms with van der Waals surface area (Å²) in [6, 6.07) is 0. The summed E-state index contributed by atoms with van der Waals surface area (Å²) in [5, 5.41) is 0. The highest BCUT2D eigenvalue weighted by Crippen LogP contribution is 2.45. The molecule has 0 N–H and O–H groups in total. The van der Waals surface area contributed by atoms with Crippen LogP contribution in [0.2, 0.25) is 0 Å². The van der Waals surface area contributed by atoms with E-state index >= 15 is 0 Å². The SMILES string of the molecule is CCC(C)=O.CCC1(C)CC(=O)C(C)=C(C)C1C.CCC1=C(C)C(=O)CC(C)(CC)C1.CCC1=CC(=O)C(C)C(C)(CC)C1. The van der Waals surface area contributed by atoms with Crippen LogP contribution in [0.15, 0.2) is 33.9 Å². The van der Waals surface area contributed by atoms with Gasteiger partial charge in [-0.2, -0.15) is 0 Å². The summed E-state index contributed by atoms with van der Waals surface area (Å²) < 4.78 is 0. The van der Waals surface area contributed by atoms with Gasteiger partial charge in [0.1, 0.15) is 5.78 Å². The van der Waals surface area contributed by atoms with Crippen LogP contribution in [0.5, 0.6) is 0 Å². The van der Waals surface area contributed by atoms with Gasteiger partial charge in [-0.15, -0.1) is 0 Å². The molecule has 0 aromatic carbocycles. The Morgan fingerprint density at radius 1 is 0.705 bits per heavy atom. The highest BCUT2D eigenvalue weighted by Gasteiger charge is 2.38. The number of hydrogen-bond acceptors (Lipinski definition) is 4. The molecule has 0 aromatic rings. The Morgan fingerprint density at radius 3 is 1.59 bits per heavy atom. The first-order chi connectivity index (χ1) is 20.2. The average molecular weight is 613 g/mol. The Balaban J connectivity index is 0.000000585. The molecule has 0 aliphatic heterocycles. The Kier molecular flexibility index (Phi) is 17.3. The fraction of sp³-hybridized carbons (Fsp3) is 0.750. The van der Waals surface area contributed by atoms with Gasteiger partial charge in [-0.3, -0.25) is 14.4 Å². The fourth-order valence-electron chi connectivity index (χ4n) is 6.27. The average Bonchev–Trinajstić information content (AvgIpc) is 3.00. The molecule has 0 saturated heterocycles. The standard InChI is InChI=1S/3C12H20O.C4H8O/c1-6-12(5)7-11(13)9(3)8(2)10(12)4;1-5-10-7-12(4,6-2)8-11(13)9(10)3;1-5-10-7-11(13)9(3)12(4,6-2)8-10;1-3-4(2)5/h10H,6-7H2,1-5H3;5-8H2,1-4H3;7,9H,5-6,8H2,1-4H3;3H2,1-2H3. The molecule has 3 aliphatic rings. The summed E-state index contributed by atoms with van der Waals surface area (Å²) in [5.74, 6) is 2.05. The quantitative estimate of drug-likeness (QED) is 0.299. The molecule has 0 saturated carbocycles. The third kappa shape index (κ3) is 11.4. The van der Waals surface area contributed by atoms with Crippen LogP contribution in [0.3, 0.4) is 0 Å². The number of rotatable bonds is 6. The minimum atomic E-state index is 0.195. The summed E-state index contributed by atoms with van der Waals surface area (Å²) in [4.78, 5) is 44.8. The minimum absolute atomic E-state index is 0.195. The van der Waals surface area contributed by atoms with Crippen molar-refractivity contribution in [1.82, 2.24) is 0 Å². The van der Waals surface area contributed by atoms with Crippen molar-refractivity contribution in [2.45, 2.75) is 168 Å². The van der Waals surface area contributed by atoms with Gasteiger partial charge < -0.3 is 4.79 Å². The van der Waals surface area contributed by atoms with E-state index in [-0.39, 0.29) is 27.9 Å². The highest BCUT2D eigenvalue weighted by molar-refractivity contribution is 5.97. The lowest BCUT2D eigenvalue weighted by atomic mass is 9.64. The van der Waals surface area contributed by atoms with E-state index in [9.17, 15) is 19.2 Å². The predicted octanol–water partition coefficient (Wildman–Crippen LogP) is 11.2. The zero-order valence-corrected chi connectivity index (χ0v) is 31.4. The second-order valence-electron chi connectivity index (χ2n) is 14.7. The Labute approximate surface area is 272 Å². The van der Waals surface area contributed by atoms with Crippen LogP contribution in [0.1, 0.15) is 168 Å². The smallest absolute Gasteiger partial charge is 0.159 e. The number of carbonyl (C=O) groups excluding carboxylic acids is 4. The molecule has 0 radical (unpaired) electrons. The van der Waals surface area contributed by atoms with Crippen molar-refractivity contribution >= 4 is 23.1 Å². The molecule has 3 aliphatic carbocycles. The summed E-state index contributed by atoms with van der Waals surface area (Å²) >= 11 is 0. The molecule has 252 valence electrons. The third-order valence-corrected chi connectivity index (χ3v) is 11.7. The molecule has 0 bridgehead atoms. The maximum atomic E-state index is 11.7. The summed E-state index contributed by atoms with van der Waals surface area (Å²) in [6.45, 7) is 31.3. The van der Waals surface area contributed by atoms with Crippen molar-refractivity contribution in [2.24, 2.45) is 28.1 Å². The van der Waals surface area contributed by atoms with E-state index in [1.54, 1.807) is 6.92 Å². The topological polar surface area (TPSA) is 68.3 Å². The monoisotopic (exact) mass is 613 g/mol. The van der Waals surface area contributed by atoms with Crippen LogP contribution < -0.4 is 0 Å². The second-order valence-corrected chi connectivity index (χ2v) is 14.7. The van der Waals surface area contributed by atoms with Gasteiger partial charge in [-0.25, -0.2) is 0 Å². The number of carbonyl (C=O) groups is 4. The number of allylic oxidation sites excluding steroid dienone is 6. The molecule has 0 aromatic heterocycles. The molecular weight excluding hydrogens is 544 g/mol. The van der Waals surface area contributed by atoms with Gasteiger partial charge in [0.15, 0.2) is 17.3 Å². The second kappa shape index (κ2) is 18.1. The van der Waals surface area contributed by atoms with E-state index in [0.29, 0.717) is 29.7 Å². The number of hydrogen-bond donors (Lipinski definition) is 0. The molecule has 5 unspecified atom stereocenters. The van der Waals surface area contributed by atoms with Crippen LogP contribution in [0.25, 0.3) is 0 Å². The normalized spacial score (nSPS) is 30.3. The Morgan fingerprint density at radius 2 is 1.18 bits per heavy atom. The van der Waals surface area contributed by atoms with E-state index in [2.05, 4.69) is 76.2 Å². The van der Waals surface area contributed by atoms with Gasteiger partial charge >= 0.3 is 0 Å². The Hall–Kier alpha value is -2.10. The van der Waals surface area contributed by atoms with Crippen LogP contribution in [-0.2, 0) is 19.2 Å². The molecule has 3 rings (SSSR count). The van der Waals surface area contributed by atoms with Gasteiger partial charge in [-0.05, 0) is 112 Å². The van der Waals surface area contributed by atoms with Crippen LogP contribution in [0, 0.1) is 28.1 Å². The summed E-state index contributed by atoms with van der Waals surface area (Å²) in [5.41, 5.74) is 6.67. The first-order valence-electron chi connectivity index (χ1n) is 17.4. The maximum Gasteiger partial charge on any atom is 0.159 e. The largest absolute Gasteiger partial charge is 0.300 e. The van der Waals surface area contributed by atoms with E-state index in [1.807, 2.05) is 26.8 Å². The lowest BCUT2D eigenvalue weighted by Crippen LogP contribution is -2.34. The van der Waals surface area contributed by atoms with Crippen molar-refractivity contribution in [2.75, 3.05) is 0 Å². The third-order valence-electron chi connectivity index (χ3n) is 11.7. The summed E-state index contributed by atoms with van der Waals surface area (Å²) in [7, 11) is 0. The minimum Gasteiger partial charge on any atom is -0.300 e. The molecule has 4 heteroatoms. The maximum absolute atomic E-state index is 11.7. The first-order valence-corrected chi connectivity index (χ1v) is 17.4. The van der Waals surface area contributed by atoms with E-state index in [1.165, 1.54) is 16.7 Å². The van der Waals surface area contributed by atoms with Crippen molar-refractivity contribution < 1.29 is 19.2 Å². The molecular formula is C40H68O4. The van der Waals surface area contributed by atoms with Crippen LogP contribution in [0.4, 0.5) is 0 Å². The predicted molar refractivity (Wildman–Crippen MR) is 188 cm³/mol. The molecule has 4 nitrogen and oxygen atoms in total. The zero-order valence-electron chi connectivity index (χ0n) is 31.4. The molecule has 0 fully saturated rings. The van der Waals surface area contributed by atoms with Gasteiger partial charge in [0.05, 0.1) is 0 Å². The molecule has 5 atom stereocenters. The lowest BCUT2D eigenvalue weighted by molar-refractivity contribution is -0.122. The van der Waals surface area contributed by atoms with E-state index in [4.69, 9.17) is 0 Å². The molecule has 44 heavy (non-hydrogen) atoms. The van der Waals surface area contributed by atoms with Crippen LogP contribution >= 0.6 is 0 Å². The fourth-order valence-corrected chi connectivity index (χ4v) is 6.27. The lowest BCUT2D eigenvalue weighted by Gasteiger charge is -2.39. The first kappa shape index (κ1) is 41.9. The van der Waals surface area contributed by atoms with Gasteiger partial charge in [0.25, 0.3) is 0 Å². The molecule has 0 spiro atoms. The van der Waals surface area contributed by atoms with Gasteiger partial charge in [0, 0.05) is 25.2 Å². The Bertz CT molecular complexity index is 1100. The number of ketones is 4. The van der Waals surface area contributed by atoms with Crippen LogP contribution in [-0.4, -0.2) is 23.1 Å². The summed E-state index contributed by atoms with van der Waals surface area (Å²) in [6.07, 6.45) is 11.6. The van der Waals surface area contributed by atoms with Gasteiger partial charge in [-0.1, -0.05) is 92.9 Å². The van der Waals surface area contributed by atoms with E-state index in [0.717, 1.165) is 68.9 Å². The van der Waals surface area contributed by atoms with Crippen molar-refractivity contribution in [3.05, 3.63) is 33.9 Å². The van der Waals surface area contributed by atoms with E-state index < -0.39 is 0 Å². The van der Waals surface area contributed by atoms with Gasteiger partial charge in [0.2, 0.25) is 0 Å². The van der Waals surface area contributed by atoms with Crippen molar-refractivity contribution in [3.8, 4) is 0 Å². The zero-order chi connectivity index (χ0) is 34.6. The molecule has 0 heterocycles. The molecule has 0 amide bonds. The van der Waals surface area contributed by atoms with Crippen molar-refractivity contribution in [3.63, 3.8) is 0 Å². The van der Waals surface area contributed by atoms with Crippen molar-refractivity contribution in [1.29, 1.82) is 0 Å². The highest BCUT2D eigenvalue weighted by atomic mass is 16.1. The number of Topliss-reactive ketones (excluding diaryl/α,β-unsaturated/α-hetero) is 3.